The van der Waals surface area contributed by atoms with Gasteiger partial charge >= 0.3 is 0 Å². The van der Waals surface area contributed by atoms with E-state index in [9.17, 15) is 4.79 Å². The van der Waals surface area contributed by atoms with Crippen LogP contribution in [-0.2, 0) is 0 Å². The van der Waals surface area contributed by atoms with Crippen LogP contribution in [0.4, 0.5) is 0 Å². The number of pyridine rings is 1. The summed E-state index contributed by atoms with van der Waals surface area (Å²) in [7, 11) is 1.88. The molecule has 6 heteroatoms. The standard InChI is InChI=1S/C16H23N5O/c1-3-20-8-4-6-13(11-20)10-19(2)16(22)14-7-5-9-21-12-17-18-15(14)21/h5,7,9,12-13H,3-4,6,8,10-11H2,1-2H3. The first kappa shape index (κ1) is 15.0. The van der Waals surface area contributed by atoms with Gasteiger partial charge in [0.2, 0.25) is 0 Å². The van der Waals surface area contributed by atoms with E-state index in [4.69, 9.17) is 0 Å². The highest BCUT2D eigenvalue weighted by Gasteiger charge is 2.23. The maximum absolute atomic E-state index is 12.7. The van der Waals surface area contributed by atoms with Crippen molar-refractivity contribution >= 4 is 11.6 Å². The molecule has 1 aliphatic rings. The third-order valence-corrected chi connectivity index (χ3v) is 4.48. The van der Waals surface area contributed by atoms with Crippen LogP contribution in [-0.4, -0.2) is 63.5 Å². The Morgan fingerprint density at radius 1 is 1.50 bits per heavy atom. The topological polar surface area (TPSA) is 53.7 Å². The third kappa shape index (κ3) is 2.97. The molecule has 0 aliphatic carbocycles. The van der Waals surface area contributed by atoms with E-state index in [0.717, 1.165) is 19.6 Å². The number of hydrogen-bond acceptors (Lipinski definition) is 4. The Balaban J connectivity index is 1.70. The minimum absolute atomic E-state index is 0.0206. The zero-order valence-electron chi connectivity index (χ0n) is 13.3. The predicted octanol–water partition coefficient (Wildman–Crippen LogP) is 1.53. The van der Waals surface area contributed by atoms with Crippen LogP contribution in [0.2, 0.25) is 0 Å². The lowest BCUT2D eigenvalue weighted by Gasteiger charge is -2.34. The van der Waals surface area contributed by atoms with Crippen molar-refractivity contribution in [1.29, 1.82) is 0 Å². The van der Waals surface area contributed by atoms with Crippen LogP contribution in [0.25, 0.3) is 5.65 Å². The van der Waals surface area contributed by atoms with Crippen molar-refractivity contribution in [2.75, 3.05) is 33.2 Å². The number of carbonyl (C=O) groups excluding carboxylic acids is 1. The molecule has 0 bridgehead atoms. The summed E-state index contributed by atoms with van der Waals surface area (Å²) in [6.45, 7) is 6.36. The van der Waals surface area contributed by atoms with E-state index in [1.165, 1.54) is 19.4 Å². The van der Waals surface area contributed by atoms with Crippen molar-refractivity contribution in [2.24, 2.45) is 5.92 Å². The average Bonchev–Trinajstić information content (AvgIpc) is 3.02. The molecule has 1 amide bonds. The molecule has 2 aromatic heterocycles. The molecule has 2 aromatic rings. The Labute approximate surface area is 130 Å². The number of rotatable bonds is 4. The van der Waals surface area contributed by atoms with Gasteiger partial charge in [0.15, 0.2) is 5.65 Å². The summed E-state index contributed by atoms with van der Waals surface area (Å²) in [5, 5.41) is 7.93. The number of likely N-dealkylation sites (tertiary alicyclic amines) is 1. The summed E-state index contributed by atoms with van der Waals surface area (Å²) in [4.78, 5) is 17.0. The third-order valence-electron chi connectivity index (χ3n) is 4.48. The minimum atomic E-state index is 0.0206. The minimum Gasteiger partial charge on any atom is -0.341 e. The first-order valence-corrected chi connectivity index (χ1v) is 7.95. The van der Waals surface area contributed by atoms with Crippen LogP contribution < -0.4 is 0 Å². The van der Waals surface area contributed by atoms with Crippen LogP contribution in [0.3, 0.4) is 0 Å². The van der Waals surface area contributed by atoms with E-state index in [2.05, 4.69) is 22.0 Å². The number of piperidine rings is 1. The number of aromatic nitrogens is 3. The number of hydrogen-bond donors (Lipinski definition) is 0. The lowest BCUT2D eigenvalue weighted by Crippen LogP contribution is -2.41. The molecule has 1 unspecified atom stereocenters. The quantitative estimate of drug-likeness (QED) is 0.859. The fraction of sp³-hybridized carbons (Fsp3) is 0.562. The molecule has 3 heterocycles. The molecule has 1 fully saturated rings. The molecular formula is C16H23N5O. The van der Waals surface area contributed by atoms with Gasteiger partial charge in [-0.1, -0.05) is 6.92 Å². The molecule has 1 aliphatic heterocycles. The smallest absolute Gasteiger partial charge is 0.257 e. The summed E-state index contributed by atoms with van der Waals surface area (Å²) >= 11 is 0. The maximum Gasteiger partial charge on any atom is 0.257 e. The van der Waals surface area contributed by atoms with Crippen LogP contribution >= 0.6 is 0 Å². The fourth-order valence-corrected chi connectivity index (χ4v) is 3.28. The lowest BCUT2D eigenvalue weighted by molar-refractivity contribution is 0.0734. The summed E-state index contributed by atoms with van der Waals surface area (Å²) in [6, 6.07) is 3.68. The molecule has 1 atom stereocenters. The highest BCUT2D eigenvalue weighted by molar-refractivity contribution is 5.99. The Kier molecular flexibility index (Phi) is 4.38. The summed E-state index contributed by atoms with van der Waals surface area (Å²) in [5.74, 6) is 0.576. The summed E-state index contributed by atoms with van der Waals surface area (Å²) < 4.78 is 1.78. The van der Waals surface area contributed by atoms with Crippen molar-refractivity contribution < 1.29 is 4.79 Å². The molecule has 6 nitrogen and oxygen atoms in total. The molecule has 0 aromatic carbocycles. The van der Waals surface area contributed by atoms with E-state index in [1.54, 1.807) is 10.7 Å². The lowest BCUT2D eigenvalue weighted by atomic mass is 9.97. The van der Waals surface area contributed by atoms with E-state index in [1.807, 2.05) is 30.3 Å². The summed E-state index contributed by atoms with van der Waals surface area (Å²) in [6.07, 6.45) is 5.89. The van der Waals surface area contributed by atoms with Gasteiger partial charge in [-0.15, -0.1) is 10.2 Å². The molecule has 0 saturated carbocycles. The number of carbonyl (C=O) groups is 1. The predicted molar refractivity (Wildman–Crippen MR) is 84.8 cm³/mol. The molecule has 0 N–H and O–H groups in total. The Bertz CT molecular complexity index is 653. The molecule has 1 saturated heterocycles. The van der Waals surface area contributed by atoms with Crippen molar-refractivity contribution in [2.45, 2.75) is 19.8 Å². The van der Waals surface area contributed by atoms with E-state index < -0.39 is 0 Å². The van der Waals surface area contributed by atoms with Crippen LogP contribution in [0.5, 0.6) is 0 Å². The zero-order valence-corrected chi connectivity index (χ0v) is 13.3. The normalized spacial score (nSPS) is 19.5. The SMILES string of the molecule is CCN1CCCC(CN(C)C(=O)c2cccn3cnnc23)C1. The number of nitrogens with zero attached hydrogens (tertiary/aromatic N) is 5. The van der Waals surface area contributed by atoms with Gasteiger partial charge < -0.3 is 9.80 Å². The van der Waals surface area contributed by atoms with Gasteiger partial charge in [0, 0.05) is 26.3 Å². The van der Waals surface area contributed by atoms with Gasteiger partial charge in [-0.3, -0.25) is 9.20 Å². The molecule has 118 valence electrons. The first-order chi connectivity index (χ1) is 10.7. The second kappa shape index (κ2) is 6.44. The van der Waals surface area contributed by atoms with Gasteiger partial charge in [0.25, 0.3) is 5.91 Å². The van der Waals surface area contributed by atoms with Gasteiger partial charge in [-0.25, -0.2) is 0 Å². The van der Waals surface area contributed by atoms with E-state index in [0.29, 0.717) is 17.1 Å². The Morgan fingerprint density at radius 2 is 2.36 bits per heavy atom. The number of amides is 1. The van der Waals surface area contributed by atoms with Crippen LogP contribution in [0.15, 0.2) is 24.7 Å². The zero-order chi connectivity index (χ0) is 15.5. The Hall–Kier alpha value is -1.95. The largest absolute Gasteiger partial charge is 0.341 e. The first-order valence-electron chi connectivity index (χ1n) is 7.95. The van der Waals surface area contributed by atoms with E-state index >= 15 is 0 Å². The van der Waals surface area contributed by atoms with Gasteiger partial charge in [0.1, 0.15) is 6.33 Å². The molecule has 0 spiro atoms. The number of fused-ring (bicyclic) bond motifs is 1. The summed E-state index contributed by atoms with van der Waals surface area (Å²) in [5.41, 5.74) is 1.24. The molecular weight excluding hydrogens is 278 g/mol. The average molecular weight is 301 g/mol. The van der Waals surface area contributed by atoms with Crippen molar-refractivity contribution in [3.05, 3.63) is 30.2 Å². The monoisotopic (exact) mass is 301 g/mol. The van der Waals surface area contributed by atoms with Gasteiger partial charge in [-0.05, 0) is 44.0 Å². The second-order valence-electron chi connectivity index (χ2n) is 6.07. The highest BCUT2D eigenvalue weighted by Crippen LogP contribution is 2.18. The van der Waals surface area contributed by atoms with E-state index in [-0.39, 0.29) is 5.91 Å². The Morgan fingerprint density at radius 3 is 3.18 bits per heavy atom. The highest BCUT2D eigenvalue weighted by atomic mass is 16.2. The van der Waals surface area contributed by atoms with Crippen molar-refractivity contribution in [1.82, 2.24) is 24.4 Å². The van der Waals surface area contributed by atoms with Crippen molar-refractivity contribution in [3.8, 4) is 0 Å². The van der Waals surface area contributed by atoms with Crippen LogP contribution in [0.1, 0.15) is 30.1 Å². The molecule has 3 rings (SSSR count). The van der Waals surface area contributed by atoms with Crippen molar-refractivity contribution in [3.63, 3.8) is 0 Å². The molecule has 22 heavy (non-hydrogen) atoms. The fourth-order valence-electron chi connectivity index (χ4n) is 3.28. The van der Waals surface area contributed by atoms with Gasteiger partial charge in [-0.2, -0.15) is 0 Å². The van der Waals surface area contributed by atoms with Crippen LogP contribution in [0, 0.1) is 5.92 Å². The van der Waals surface area contributed by atoms with Gasteiger partial charge in [0.05, 0.1) is 5.56 Å². The molecule has 0 radical (unpaired) electrons. The second-order valence-corrected chi connectivity index (χ2v) is 6.07. The maximum atomic E-state index is 12.7.